The minimum absolute atomic E-state index is 0.169. The van der Waals surface area contributed by atoms with Crippen LogP contribution < -0.4 is 0 Å². The van der Waals surface area contributed by atoms with E-state index in [0.29, 0.717) is 5.92 Å². The van der Waals surface area contributed by atoms with E-state index in [1.165, 1.54) is 19.3 Å². The first-order valence-corrected chi connectivity index (χ1v) is 10.2. The fraction of sp³-hybridized carbons (Fsp3) is 0.905. The van der Waals surface area contributed by atoms with Crippen LogP contribution in [0.15, 0.2) is 12.2 Å². The molecule has 1 aliphatic heterocycles. The molecule has 0 radical (unpaired) electrons. The average Bonchev–Trinajstić information content (AvgIpc) is 2.56. The first kappa shape index (κ1) is 18.4. The topological polar surface area (TPSA) is 9.23 Å². The van der Waals surface area contributed by atoms with Crippen LogP contribution in [0.2, 0.25) is 0 Å². The summed E-state index contributed by atoms with van der Waals surface area (Å²) in [6.07, 6.45) is 12.4. The maximum Gasteiger partial charge on any atom is 0.361 e. The highest BCUT2D eigenvalue weighted by Gasteiger charge is 2.62. The van der Waals surface area contributed by atoms with E-state index in [4.69, 9.17) is 4.74 Å². The van der Waals surface area contributed by atoms with Gasteiger partial charge in [-0.25, -0.2) is 0 Å². The molecule has 24 heavy (non-hydrogen) atoms. The molecular weight excluding hydrogens is 306 g/mol. The van der Waals surface area contributed by atoms with Crippen molar-refractivity contribution in [1.82, 2.24) is 0 Å². The van der Waals surface area contributed by atoms with Crippen LogP contribution in [0.3, 0.4) is 0 Å². The van der Waals surface area contributed by atoms with Crippen molar-refractivity contribution in [2.45, 2.75) is 90.3 Å². The van der Waals surface area contributed by atoms with Crippen molar-refractivity contribution in [2.75, 3.05) is 0 Å². The molecular formula is C21H34F2O. The van der Waals surface area contributed by atoms with Crippen LogP contribution in [0.4, 0.5) is 8.78 Å². The van der Waals surface area contributed by atoms with Crippen LogP contribution in [0.25, 0.3) is 0 Å². The molecule has 1 heterocycles. The molecule has 0 aromatic carbocycles. The summed E-state index contributed by atoms with van der Waals surface area (Å²) in [5.41, 5.74) is 0. The molecule has 3 rings (SSSR count). The van der Waals surface area contributed by atoms with Crippen molar-refractivity contribution >= 4 is 0 Å². The Hall–Kier alpha value is -0.440. The van der Waals surface area contributed by atoms with Crippen molar-refractivity contribution in [1.29, 1.82) is 0 Å². The monoisotopic (exact) mass is 340 g/mol. The molecule has 1 saturated heterocycles. The second-order valence-corrected chi connectivity index (χ2v) is 8.62. The molecule has 0 unspecified atom stereocenters. The van der Waals surface area contributed by atoms with E-state index >= 15 is 0 Å². The predicted octanol–water partition coefficient (Wildman–Crippen LogP) is 6.58. The highest BCUT2D eigenvalue weighted by molar-refractivity contribution is 4.98. The van der Waals surface area contributed by atoms with Gasteiger partial charge in [-0.05, 0) is 69.1 Å². The molecule has 0 N–H and O–H groups in total. The second-order valence-electron chi connectivity index (χ2n) is 8.62. The minimum atomic E-state index is -2.86. The Morgan fingerprint density at radius 2 is 1.58 bits per heavy atom. The maximum absolute atomic E-state index is 14.2. The zero-order valence-corrected chi connectivity index (χ0v) is 15.4. The van der Waals surface area contributed by atoms with Crippen molar-refractivity contribution in [3.8, 4) is 0 Å². The van der Waals surface area contributed by atoms with Gasteiger partial charge >= 0.3 is 6.11 Å². The van der Waals surface area contributed by atoms with E-state index in [0.717, 1.165) is 56.8 Å². The number of allylic oxidation sites excluding steroid dienone is 2. The zero-order valence-electron chi connectivity index (χ0n) is 15.4. The Bertz CT molecular complexity index is 418. The van der Waals surface area contributed by atoms with Gasteiger partial charge in [0.1, 0.15) is 0 Å². The van der Waals surface area contributed by atoms with Gasteiger partial charge in [-0.2, -0.15) is 8.78 Å². The summed E-state index contributed by atoms with van der Waals surface area (Å²) in [5, 5.41) is 0. The molecule has 0 aromatic heterocycles. The normalized spacial score (nSPS) is 42.8. The molecule has 0 spiro atoms. The van der Waals surface area contributed by atoms with E-state index in [1.807, 2.05) is 0 Å². The smallest absolute Gasteiger partial charge is 0.316 e. The molecule has 0 aromatic rings. The lowest BCUT2D eigenvalue weighted by molar-refractivity contribution is -0.418. The summed E-state index contributed by atoms with van der Waals surface area (Å²) in [6, 6.07) is 0. The van der Waals surface area contributed by atoms with E-state index in [2.05, 4.69) is 26.0 Å². The van der Waals surface area contributed by atoms with Crippen molar-refractivity contribution in [3.05, 3.63) is 12.2 Å². The van der Waals surface area contributed by atoms with Gasteiger partial charge in [0.15, 0.2) is 0 Å². The summed E-state index contributed by atoms with van der Waals surface area (Å²) in [6.45, 7) is 4.33. The Balaban J connectivity index is 1.52. The summed E-state index contributed by atoms with van der Waals surface area (Å²) in [4.78, 5) is 0. The quantitative estimate of drug-likeness (QED) is 0.513. The summed E-state index contributed by atoms with van der Waals surface area (Å²) < 4.78 is 33.5. The third kappa shape index (κ3) is 4.03. The largest absolute Gasteiger partial charge is 0.361 e. The van der Waals surface area contributed by atoms with E-state index in [9.17, 15) is 8.78 Å². The number of ether oxygens (including phenoxy) is 1. The standard InChI is InChI=1S/C21H34F2O/c1-3-4-5-6-16-9-13-17(14-10-16)19-20(24-21(19,22)23)18-11-7-15(2)8-12-18/h3-4,15-20H,5-14H2,1-2H3/b4-3+/t15?,16?,17?,18?,19-,20-/m0/s1. The van der Waals surface area contributed by atoms with Crippen LogP contribution in [0, 0.1) is 29.6 Å². The highest BCUT2D eigenvalue weighted by Crippen LogP contribution is 2.55. The van der Waals surface area contributed by atoms with Crippen LogP contribution in [0.1, 0.15) is 78.1 Å². The van der Waals surface area contributed by atoms with Gasteiger partial charge in [-0.15, -0.1) is 0 Å². The SMILES string of the molecule is C/C=C/CCC1CCC([C@H]2[C@H](C3CCC(C)CC3)OC2(F)F)CC1. The third-order valence-corrected chi connectivity index (χ3v) is 6.94. The highest BCUT2D eigenvalue weighted by atomic mass is 19.3. The van der Waals surface area contributed by atoms with Gasteiger partial charge in [-0.1, -0.05) is 44.8 Å². The number of halogens is 2. The van der Waals surface area contributed by atoms with Crippen LogP contribution in [-0.4, -0.2) is 12.2 Å². The zero-order chi connectivity index (χ0) is 17.2. The lowest BCUT2D eigenvalue weighted by Gasteiger charge is -2.53. The molecule has 2 aliphatic carbocycles. The van der Waals surface area contributed by atoms with Crippen LogP contribution >= 0.6 is 0 Å². The van der Waals surface area contributed by atoms with Gasteiger partial charge in [-0.3, -0.25) is 0 Å². The summed E-state index contributed by atoms with van der Waals surface area (Å²) >= 11 is 0. The molecule has 3 fully saturated rings. The van der Waals surface area contributed by atoms with Gasteiger partial charge in [0, 0.05) is 0 Å². The number of rotatable bonds is 5. The van der Waals surface area contributed by atoms with Crippen molar-refractivity contribution in [2.24, 2.45) is 29.6 Å². The molecule has 138 valence electrons. The van der Waals surface area contributed by atoms with Gasteiger partial charge in [0.05, 0.1) is 12.0 Å². The van der Waals surface area contributed by atoms with Gasteiger partial charge in [0.2, 0.25) is 0 Å². The molecule has 0 amide bonds. The lowest BCUT2D eigenvalue weighted by Crippen LogP contribution is -2.61. The fourth-order valence-electron chi connectivity index (χ4n) is 5.33. The Kier molecular flexibility index (Phi) is 6.00. The Labute approximate surface area is 146 Å². The van der Waals surface area contributed by atoms with Gasteiger partial charge in [0.25, 0.3) is 0 Å². The van der Waals surface area contributed by atoms with Gasteiger partial charge < -0.3 is 4.74 Å². The predicted molar refractivity (Wildman–Crippen MR) is 93.9 cm³/mol. The number of hydrogen-bond donors (Lipinski definition) is 0. The Morgan fingerprint density at radius 3 is 2.17 bits per heavy atom. The number of alkyl halides is 2. The first-order valence-electron chi connectivity index (χ1n) is 10.2. The lowest BCUT2D eigenvalue weighted by atomic mass is 9.66. The molecule has 1 nitrogen and oxygen atoms in total. The molecule has 2 saturated carbocycles. The molecule has 0 bridgehead atoms. The van der Waals surface area contributed by atoms with Crippen LogP contribution in [-0.2, 0) is 4.74 Å². The molecule has 3 aliphatic rings. The Morgan fingerprint density at radius 1 is 0.958 bits per heavy atom. The van der Waals surface area contributed by atoms with E-state index in [-0.39, 0.29) is 12.0 Å². The molecule has 3 heteroatoms. The minimum Gasteiger partial charge on any atom is -0.316 e. The van der Waals surface area contributed by atoms with E-state index in [1.54, 1.807) is 0 Å². The summed E-state index contributed by atoms with van der Waals surface area (Å²) in [7, 11) is 0. The summed E-state index contributed by atoms with van der Waals surface area (Å²) in [5.74, 6) is 1.54. The first-order chi connectivity index (χ1) is 11.5. The van der Waals surface area contributed by atoms with E-state index < -0.39 is 12.0 Å². The van der Waals surface area contributed by atoms with Crippen molar-refractivity contribution in [3.63, 3.8) is 0 Å². The second kappa shape index (κ2) is 7.85. The fourth-order valence-corrected chi connectivity index (χ4v) is 5.33. The third-order valence-electron chi connectivity index (χ3n) is 6.94. The molecule has 2 atom stereocenters. The van der Waals surface area contributed by atoms with Crippen LogP contribution in [0.5, 0.6) is 0 Å². The maximum atomic E-state index is 14.2. The average molecular weight is 340 g/mol. The van der Waals surface area contributed by atoms with Crippen molar-refractivity contribution < 1.29 is 13.5 Å². The number of hydrogen-bond acceptors (Lipinski definition) is 1.